The van der Waals surface area contributed by atoms with Gasteiger partial charge in [0.25, 0.3) is 0 Å². The average Bonchev–Trinajstić information content (AvgIpc) is 3.33. The molecule has 0 fully saturated rings. The number of phenols is 1. The molecule has 0 radical (unpaired) electrons. The lowest BCUT2D eigenvalue weighted by Crippen LogP contribution is -2.23. The van der Waals surface area contributed by atoms with Gasteiger partial charge in [0.1, 0.15) is 5.75 Å². The number of hydrogen-bond acceptors (Lipinski definition) is 6. The summed E-state index contributed by atoms with van der Waals surface area (Å²) in [6.45, 7) is 23.8. The molecule has 8 heteroatoms. The first kappa shape index (κ1) is 39.5. The van der Waals surface area contributed by atoms with Gasteiger partial charge < -0.3 is 19.8 Å². The smallest absolute Gasteiger partial charge is 0.472 e. The van der Waals surface area contributed by atoms with Gasteiger partial charge >= 0.3 is 7.82 Å². The third-order valence-corrected chi connectivity index (χ3v) is 9.09. The van der Waals surface area contributed by atoms with Crippen LogP contribution in [0.15, 0.2) is 24.5 Å². The molecule has 43 heavy (non-hydrogen) atoms. The first-order valence-corrected chi connectivity index (χ1v) is 18.1. The van der Waals surface area contributed by atoms with Crippen LogP contribution in [0.25, 0.3) is 0 Å². The van der Waals surface area contributed by atoms with Crippen LogP contribution >= 0.6 is 7.82 Å². The summed E-state index contributed by atoms with van der Waals surface area (Å²) in [5.41, 5.74) is 3.18. The monoisotopic (exact) mass is 624 g/mol. The van der Waals surface area contributed by atoms with Crippen molar-refractivity contribution in [2.75, 3.05) is 26.9 Å². The Hall–Kier alpha value is -1.53. The molecule has 1 aromatic rings. The molecule has 0 saturated carbocycles. The SMILES string of the molecule is CCCCC(CC)COP(=O)(O)OCC(CC)CCCC.CN1C=CN(Cc2cc(C(C)(C)C)c(O)c(C(C)(C)C)c2)C1. The van der Waals surface area contributed by atoms with Gasteiger partial charge in [0, 0.05) is 26.0 Å². The van der Waals surface area contributed by atoms with Crippen LogP contribution in [-0.2, 0) is 31.0 Å². The highest BCUT2D eigenvalue weighted by Crippen LogP contribution is 2.45. The van der Waals surface area contributed by atoms with Crippen molar-refractivity contribution in [2.24, 2.45) is 11.8 Å². The minimum atomic E-state index is -3.89. The standard InChI is InChI=1S/C19H30N2O.C16H35O4P/c1-18(2,3)15-10-14(12-21-9-8-20(7)13-21)11-16(17(15)22)19(4,5)6;1-5-9-11-15(7-3)13-19-21(17,18)20-14-16(8-4)12-10-6-2/h8-11,22H,12-13H2,1-7H3;15-16H,5-14H2,1-4H3,(H,17,18). The first-order chi connectivity index (χ1) is 20.0. The summed E-state index contributed by atoms with van der Waals surface area (Å²) in [5.74, 6) is 1.14. The van der Waals surface area contributed by atoms with Crippen molar-refractivity contribution < 1.29 is 23.6 Å². The molecule has 1 aliphatic heterocycles. The predicted molar refractivity (Wildman–Crippen MR) is 181 cm³/mol. The summed E-state index contributed by atoms with van der Waals surface area (Å²) in [6, 6.07) is 4.33. The molecule has 250 valence electrons. The normalized spacial score (nSPS) is 16.6. The van der Waals surface area contributed by atoms with E-state index in [9.17, 15) is 14.6 Å². The largest absolute Gasteiger partial charge is 0.507 e. The molecule has 0 spiro atoms. The van der Waals surface area contributed by atoms with Gasteiger partial charge in [-0.25, -0.2) is 4.57 Å². The number of rotatable bonds is 16. The van der Waals surface area contributed by atoms with Crippen molar-refractivity contribution in [1.82, 2.24) is 9.80 Å². The van der Waals surface area contributed by atoms with Crippen molar-refractivity contribution in [3.8, 4) is 5.75 Å². The van der Waals surface area contributed by atoms with E-state index in [1.54, 1.807) is 0 Å². The summed E-state index contributed by atoms with van der Waals surface area (Å²) in [5, 5.41) is 10.8. The minimum absolute atomic E-state index is 0.0717. The van der Waals surface area contributed by atoms with Crippen molar-refractivity contribution in [3.63, 3.8) is 0 Å². The Kier molecular flexibility index (Phi) is 16.9. The molecule has 1 heterocycles. The number of phosphoric acid groups is 1. The highest BCUT2D eigenvalue weighted by molar-refractivity contribution is 7.47. The molecule has 0 bridgehead atoms. The van der Waals surface area contributed by atoms with Crippen LogP contribution in [0, 0.1) is 11.8 Å². The van der Waals surface area contributed by atoms with E-state index < -0.39 is 7.82 Å². The molecular formula is C35H65N2O5P. The molecule has 1 aliphatic rings. The Morgan fingerprint density at radius 3 is 1.60 bits per heavy atom. The minimum Gasteiger partial charge on any atom is -0.507 e. The van der Waals surface area contributed by atoms with Crippen molar-refractivity contribution >= 4 is 7.82 Å². The van der Waals surface area contributed by atoms with Crippen molar-refractivity contribution in [1.29, 1.82) is 0 Å². The maximum Gasteiger partial charge on any atom is 0.472 e. The van der Waals surface area contributed by atoms with Crippen LogP contribution in [0.1, 0.15) is 137 Å². The molecule has 2 atom stereocenters. The molecular weight excluding hydrogens is 559 g/mol. The summed E-state index contributed by atoms with van der Waals surface area (Å²) in [7, 11) is -1.81. The second-order valence-electron chi connectivity index (χ2n) is 14.4. The zero-order chi connectivity index (χ0) is 32.8. The van der Waals surface area contributed by atoms with E-state index in [1.165, 1.54) is 5.56 Å². The second kappa shape index (κ2) is 18.4. The number of aromatic hydroxyl groups is 1. The summed E-state index contributed by atoms with van der Waals surface area (Å²) in [6.07, 6.45) is 12.8. The van der Waals surface area contributed by atoms with Gasteiger partial charge in [-0.15, -0.1) is 0 Å². The maximum atomic E-state index is 11.9. The highest BCUT2D eigenvalue weighted by atomic mass is 31.2. The Bertz CT molecular complexity index is 955. The zero-order valence-electron chi connectivity index (χ0n) is 29.4. The summed E-state index contributed by atoms with van der Waals surface area (Å²) < 4.78 is 22.2. The average molecular weight is 625 g/mol. The van der Waals surface area contributed by atoms with Gasteiger partial charge in [-0.3, -0.25) is 9.05 Å². The quantitative estimate of drug-likeness (QED) is 0.177. The van der Waals surface area contributed by atoms with Gasteiger partial charge in [0.05, 0.1) is 19.9 Å². The number of benzene rings is 1. The lowest BCUT2D eigenvalue weighted by atomic mass is 9.78. The Morgan fingerprint density at radius 2 is 1.28 bits per heavy atom. The van der Waals surface area contributed by atoms with Gasteiger partial charge in [0.2, 0.25) is 0 Å². The maximum absolute atomic E-state index is 11.9. The van der Waals surface area contributed by atoms with Gasteiger partial charge in [-0.2, -0.15) is 0 Å². The van der Waals surface area contributed by atoms with Crippen LogP contribution in [0.5, 0.6) is 5.75 Å². The predicted octanol–water partition coefficient (Wildman–Crippen LogP) is 9.72. The highest BCUT2D eigenvalue weighted by Gasteiger charge is 2.27. The fourth-order valence-corrected chi connectivity index (χ4v) is 5.96. The van der Waals surface area contributed by atoms with Crippen LogP contribution in [0.4, 0.5) is 0 Å². The lowest BCUT2D eigenvalue weighted by molar-refractivity contribution is 0.110. The van der Waals surface area contributed by atoms with Crippen LogP contribution in [0.2, 0.25) is 0 Å². The first-order valence-electron chi connectivity index (χ1n) is 16.6. The molecule has 1 aromatic carbocycles. The zero-order valence-corrected chi connectivity index (χ0v) is 30.3. The fraction of sp³-hybridized carbons (Fsp3) is 0.771. The summed E-state index contributed by atoms with van der Waals surface area (Å²) >= 11 is 0. The Labute approximate surface area is 264 Å². The van der Waals surface area contributed by atoms with E-state index in [-0.39, 0.29) is 10.8 Å². The van der Waals surface area contributed by atoms with E-state index in [0.717, 1.165) is 75.7 Å². The van der Waals surface area contributed by atoms with E-state index in [1.807, 2.05) is 0 Å². The van der Waals surface area contributed by atoms with Gasteiger partial charge in [-0.1, -0.05) is 108 Å². The van der Waals surface area contributed by atoms with E-state index in [0.29, 0.717) is 30.8 Å². The molecule has 7 nitrogen and oxygen atoms in total. The van der Waals surface area contributed by atoms with Gasteiger partial charge in [0.15, 0.2) is 0 Å². The molecule has 0 saturated heterocycles. The fourth-order valence-electron chi connectivity index (χ4n) is 5.09. The van der Waals surface area contributed by atoms with Crippen LogP contribution in [0.3, 0.4) is 0 Å². The Balaban J connectivity index is 0.000000431. The van der Waals surface area contributed by atoms with E-state index in [2.05, 4.69) is 111 Å². The lowest BCUT2D eigenvalue weighted by Gasteiger charge is -2.29. The molecule has 0 amide bonds. The van der Waals surface area contributed by atoms with Crippen molar-refractivity contribution in [2.45, 2.75) is 138 Å². The second-order valence-corrected chi connectivity index (χ2v) is 15.8. The third-order valence-electron chi connectivity index (χ3n) is 8.14. The number of phosphoric ester groups is 1. The van der Waals surface area contributed by atoms with Crippen LogP contribution in [-0.4, -0.2) is 46.7 Å². The number of phenolic OH excluding ortho intramolecular Hbond substituents is 1. The van der Waals surface area contributed by atoms with Gasteiger partial charge in [-0.05, 0) is 64.3 Å². The summed E-state index contributed by atoms with van der Waals surface area (Å²) in [4.78, 5) is 14.2. The molecule has 0 aromatic heterocycles. The number of hydrogen-bond donors (Lipinski definition) is 2. The molecule has 2 unspecified atom stereocenters. The topological polar surface area (TPSA) is 82.5 Å². The van der Waals surface area contributed by atoms with Crippen molar-refractivity contribution in [3.05, 3.63) is 41.2 Å². The number of unbranched alkanes of at least 4 members (excludes halogenated alkanes) is 2. The Morgan fingerprint density at radius 1 is 0.837 bits per heavy atom. The molecule has 2 rings (SSSR count). The molecule has 2 N–H and O–H groups in total. The van der Waals surface area contributed by atoms with E-state index >= 15 is 0 Å². The number of nitrogens with zero attached hydrogens (tertiary/aromatic N) is 2. The van der Waals surface area contributed by atoms with E-state index in [4.69, 9.17) is 9.05 Å². The molecule has 0 aliphatic carbocycles. The van der Waals surface area contributed by atoms with Crippen LogP contribution < -0.4 is 0 Å². The third kappa shape index (κ3) is 14.9.